The normalized spacial score (nSPS) is 24.8. The first-order valence-electron chi connectivity index (χ1n) is 7.90. The third-order valence-corrected chi connectivity index (χ3v) is 6.51. The highest BCUT2D eigenvalue weighted by Crippen LogP contribution is 2.38. The topological polar surface area (TPSA) is 132 Å². The number of hydrogen-bond acceptors (Lipinski definition) is 5. The predicted molar refractivity (Wildman–Crippen MR) is 87.8 cm³/mol. The molecule has 3 N–H and O–H groups in total. The van der Waals surface area contributed by atoms with Gasteiger partial charge in [0.25, 0.3) is 0 Å². The molecule has 1 fully saturated rings. The molecule has 1 saturated heterocycles. The number of rotatable bonds is 6. The molecule has 0 aliphatic carbocycles. The Kier molecular flexibility index (Phi) is 5.50. The van der Waals surface area contributed by atoms with E-state index in [1.54, 1.807) is 6.92 Å². The molecule has 2 rings (SSSR count). The largest absolute Gasteiger partial charge is 0.481 e. The molecule has 1 aromatic carbocycles. The first-order valence-corrected chi connectivity index (χ1v) is 9.34. The lowest BCUT2D eigenvalue weighted by molar-refractivity contribution is -0.161. The molecule has 138 valence electrons. The lowest BCUT2D eigenvalue weighted by atomic mass is 9.74. The summed E-state index contributed by atoms with van der Waals surface area (Å²) >= 11 is 0. The average Bonchev–Trinajstić information content (AvgIpc) is 2.56. The summed E-state index contributed by atoms with van der Waals surface area (Å²) in [5.74, 6) is -2.64. The molecule has 0 radical (unpaired) electrons. The van der Waals surface area contributed by atoms with Crippen molar-refractivity contribution in [1.82, 2.24) is 4.31 Å². The molecule has 2 atom stereocenters. The molecule has 9 heteroatoms. The van der Waals surface area contributed by atoms with Crippen LogP contribution in [0.2, 0.25) is 0 Å². The van der Waals surface area contributed by atoms with E-state index in [1.807, 2.05) is 0 Å². The van der Waals surface area contributed by atoms with Gasteiger partial charge in [-0.2, -0.15) is 4.31 Å². The lowest BCUT2D eigenvalue weighted by Gasteiger charge is -2.42. The van der Waals surface area contributed by atoms with Gasteiger partial charge in [-0.3, -0.25) is 4.79 Å². The van der Waals surface area contributed by atoms with Crippen LogP contribution >= 0.6 is 0 Å². The molecule has 0 unspecified atom stereocenters. The smallest absolute Gasteiger partial charge is 0.337 e. The molecule has 0 bridgehead atoms. The quantitative estimate of drug-likeness (QED) is 0.680. The van der Waals surface area contributed by atoms with Gasteiger partial charge in [-0.15, -0.1) is 0 Å². The minimum Gasteiger partial charge on any atom is -0.481 e. The number of benzene rings is 1. The molecule has 0 amide bonds. The van der Waals surface area contributed by atoms with Gasteiger partial charge in [-0.1, -0.05) is 25.5 Å². The summed E-state index contributed by atoms with van der Waals surface area (Å²) < 4.78 is 26.8. The molecule has 1 heterocycles. The zero-order valence-corrected chi connectivity index (χ0v) is 14.6. The van der Waals surface area contributed by atoms with Crippen LogP contribution in [0.1, 0.15) is 36.5 Å². The van der Waals surface area contributed by atoms with E-state index < -0.39 is 40.0 Å². The Labute approximate surface area is 145 Å². The summed E-state index contributed by atoms with van der Waals surface area (Å²) in [6.07, 6.45) is -0.606. The van der Waals surface area contributed by atoms with Gasteiger partial charge in [0, 0.05) is 13.1 Å². The van der Waals surface area contributed by atoms with Gasteiger partial charge in [0.15, 0.2) is 0 Å². The summed E-state index contributed by atoms with van der Waals surface area (Å²) in [7, 11) is -4.21. The van der Waals surface area contributed by atoms with E-state index in [9.17, 15) is 33.3 Å². The summed E-state index contributed by atoms with van der Waals surface area (Å²) in [6, 6.07) is 5.20. The van der Waals surface area contributed by atoms with Gasteiger partial charge in [-0.25, -0.2) is 13.2 Å². The van der Waals surface area contributed by atoms with E-state index in [-0.39, 0.29) is 29.8 Å². The Morgan fingerprint density at radius 3 is 2.48 bits per heavy atom. The van der Waals surface area contributed by atoms with Crippen molar-refractivity contribution in [2.24, 2.45) is 5.41 Å². The molecule has 0 aromatic heterocycles. The Morgan fingerprint density at radius 1 is 1.28 bits per heavy atom. The van der Waals surface area contributed by atoms with Crippen LogP contribution in [-0.4, -0.2) is 59.2 Å². The van der Waals surface area contributed by atoms with E-state index in [1.165, 1.54) is 24.3 Å². The van der Waals surface area contributed by atoms with Gasteiger partial charge >= 0.3 is 11.9 Å². The molecule has 8 nitrogen and oxygen atoms in total. The molecule has 1 aliphatic heterocycles. The first-order chi connectivity index (χ1) is 11.7. The number of carbonyl (C=O) groups is 2. The van der Waals surface area contributed by atoms with E-state index in [4.69, 9.17) is 0 Å². The van der Waals surface area contributed by atoms with E-state index in [2.05, 4.69) is 0 Å². The van der Waals surface area contributed by atoms with Crippen molar-refractivity contribution in [2.75, 3.05) is 13.1 Å². The second kappa shape index (κ2) is 7.11. The van der Waals surface area contributed by atoms with Crippen LogP contribution in [0.15, 0.2) is 29.2 Å². The van der Waals surface area contributed by atoms with Gasteiger partial charge in [0.05, 0.1) is 16.6 Å². The minimum atomic E-state index is -4.21. The fraction of sp³-hybridized carbons (Fsp3) is 0.500. The van der Waals surface area contributed by atoms with E-state index in [0.717, 1.165) is 4.31 Å². The number of hydrogen-bond donors (Lipinski definition) is 3. The third kappa shape index (κ3) is 3.39. The molecule has 0 saturated carbocycles. The number of aliphatic carboxylic acids is 1. The Balaban J connectivity index is 2.47. The molecule has 1 aliphatic rings. The highest BCUT2D eigenvalue weighted by Gasteiger charge is 2.51. The second-order valence-corrected chi connectivity index (χ2v) is 8.06. The van der Waals surface area contributed by atoms with Crippen molar-refractivity contribution in [2.45, 2.75) is 37.2 Å². The fourth-order valence-electron chi connectivity index (χ4n) is 3.26. The number of carboxylic acid groups (broad SMARTS) is 2. The Hall–Kier alpha value is -1.97. The summed E-state index contributed by atoms with van der Waals surface area (Å²) in [5.41, 5.74) is -1.97. The van der Waals surface area contributed by atoms with Crippen molar-refractivity contribution in [3.8, 4) is 0 Å². The molecule has 0 spiro atoms. The SMILES string of the molecule is CCC[C@]1(C(=O)O)CN(S(=O)(=O)c2ccccc2C(=O)O)CC[C@H]1O. The van der Waals surface area contributed by atoms with Crippen LogP contribution in [0, 0.1) is 5.41 Å². The van der Waals surface area contributed by atoms with Gasteiger partial charge in [0.1, 0.15) is 5.41 Å². The van der Waals surface area contributed by atoms with E-state index >= 15 is 0 Å². The van der Waals surface area contributed by atoms with Gasteiger partial charge in [0.2, 0.25) is 10.0 Å². The van der Waals surface area contributed by atoms with Crippen LogP contribution in [0.4, 0.5) is 0 Å². The summed E-state index contributed by atoms with van der Waals surface area (Å²) in [5, 5.41) is 29.1. The van der Waals surface area contributed by atoms with Crippen molar-refractivity contribution in [1.29, 1.82) is 0 Å². The highest BCUT2D eigenvalue weighted by molar-refractivity contribution is 7.89. The van der Waals surface area contributed by atoms with Crippen LogP contribution in [0.3, 0.4) is 0 Å². The van der Waals surface area contributed by atoms with Crippen molar-refractivity contribution in [3.05, 3.63) is 29.8 Å². The van der Waals surface area contributed by atoms with Crippen molar-refractivity contribution >= 4 is 22.0 Å². The first kappa shape index (κ1) is 19.4. The highest BCUT2D eigenvalue weighted by atomic mass is 32.2. The van der Waals surface area contributed by atoms with Crippen molar-refractivity contribution < 1.29 is 33.3 Å². The maximum atomic E-state index is 12.9. The van der Waals surface area contributed by atoms with Gasteiger partial charge < -0.3 is 15.3 Å². The third-order valence-electron chi connectivity index (χ3n) is 4.61. The van der Waals surface area contributed by atoms with E-state index in [0.29, 0.717) is 6.42 Å². The predicted octanol–water partition coefficient (Wildman–Crippen LogP) is 1.01. The monoisotopic (exact) mass is 371 g/mol. The lowest BCUT2D eigenvalue weighted by Crippen LogP contribution is -2.57. The maximum absolute atomic E-state index is 12.9. The summed E-state index contributed by atoms with van der Waals surface area (Å²) in [4.78, 5) is 22.7. The zero-order chi connectivity index (χ0) is 18.8. The maximum Gasteiger partial charge on any atom is 0.337 e. The molecular formula is C16H21NO7S. The number of sulfonamides is 1. The van der Waals surface area contributed by atoms with Gasteiger partial charge in [-0.05, 0) is 25.0 Å². The molecule has 25 heavy (non-hydrogen) atoms. The second-order valence-electron chi connectivity index (χ2n) is 6.16. The fourth-order valence-corrected chi connectivity index (χ4v) is 4.97. The van der Waals surface area contributed by atoms with Crippen LogP contribution < -0.4 is 0 Å². The van der Waals surface area contributed by atoms with Crippen LogP contribution in [0.5, 0.6) is 0 Å². The number of aromatic carboxylic acids is 1. The number of nitrogens with zero attached hydrogens (tertiary/aromatic N) is 1. The summed E-state index contributed by atoms with van der Waals surface area (Å²) in [6.45, 7) is 1.29. The molecule has 1 aromatic rings. The molecular weight excluding hydrogens is 350 g/mol. The zero-order valence-electron chi connectivity index (χ0n) is 13.8. The van der Waals surface area contributed by atoms with Crippen LogP contribution in [-0.2, 0) is 14.8 Å². The van der Waals surface area contributed by atoms with Crippen molar-refractivity contribution in [3.63, 3.8) is 0 Å². The number of piperidine rings is 1. The Bertz CT molecular complexity index is 776. The standard InChI is InChI=1S/C16H21NO7S/c1-2-8-16(15(21)22)10-17(9-7-13(16)18)25(23,24)12-6-4-3-5-11(12)14(19)20/h3-6,13,18H,2,7-10H2,1H3,(H,19,20)(H,21,22)/t13-,16+/m1/s1. The number of aliphatic hydroxyl groups excluding tert-OH is 1. The average molecular weight is 371 g/mol. The van der Waals surface area contributed by atoms with Crippen LogP contribution in [0.25, 0.3) is 0 Å². The number of carboxylic acids is 2. The number of aliphatic hydroxyl groups is 1. The Morgan fingerprint density at radius 2 is 1.92 bits per heavy atom. The minimum absolute atomic E-state index is 0.0270.